The maximum Gasteiger partial charge on any atom is 0.481 e. The summed E-state index contributed by atoms with van der Waals surface area (Å²) < 4.78 is 57.3. The molecule has 488 valence electrons. The Morgan fingerprint density at radius 2 is 1.58 bits per heavy atom. The van der Waals surface area contributed by atoms with Crippen molar-refractivity contribution in [2.45, 2.75) is 95.4 Å². The molecule has 1 aliphatic carbocycles. The number of aryl methyl sites for hydroxylation is 1. The van der Waals surface area contributed by atoms with Gasteiger partial charge in [-0.3, -0.25) is 57.8 Å². The monoisotopic (exact) mass is 1300 g/mol. The summed E-state index contributed by atoms with van der Waals surface area (Å²) in [5.74, 6) is -0.689. The zero-order valence-corrected chi connectivity index (χ0v) is 53.4. The number of urea groups is 1. The van der Waals surface area contributed by atoms with Crippen LogP contribution in [0.15, 0.2) is 102 Å². The summed E-state index contributed by atoms with van der Waals surface area (Å²) in [6.45, 7) is 5.90. The number of rotatable bonds is 26. The molecule has 3 aromatic carbocycles. The van der Waals surface area contributed by atoms with Gasteiger partial charge < -0.3 is 43.9 Å². The number of piperazine rings is 1. The molecule has 11 rings (SSSR count). The number of carbonyl (C=O) groups is 6. The molecule has 3 saturated heterocycles. The van der Waals surface area contributed by atoms with Gasteiger partial charge in [0.2, 0.25) is 17.8 Å². The number of fused-ring (bicyclic) bond motifs is 2. The second kappa shape index (κ2) is 27.7. The Bertz CT molecular complexity index is 3990. The number of nitrogens with zero attached hydrogens (tertiary/aromatic N) is 8. The first kappa shape index (κ1) is 65.5. The molecule has 0 spiro atoms. The molecule has 5 atom stereocenters. The van der Waals surface area contributed by atoms with Crippen molar-refractivity contribution in [1.82, 2.24) is 44.9 Å². The van der Waals surface area contributed by atoms with Crippen molar-refractivity contribution in [2.75, 3.05) is 82.5 Å². The first-order valence-electron chi connectivity index (χ1n) is 30.9. The lowest BCUT2D eigenvalue weighted by Gasteiger charge is -2.46. The number of phosphoric ester groups is 2. The summed E-state index contributed by atoms with van der Waals surface area (Å²) in [4.78, 5) is 133. The summed E-state index contributed by atoms with van der Waals surface area (Å²) in [6.07, 6.45) is 9.97. The highest BCUT2D eigenvalue weighted by Crippen LogP contribution is 2.61. The Balaban J connectivity index is 0.808. The molecule has 5 N–H and O–H groups in total. The van der Waals surface area contributed by atoms with Gasteiger partial charge in [-0.25, -0.2) is 23.9 Å². The quantitative estimate of drug-likeness (QED) is 0.0215. The van der Waals surface area contributed by atoms with Crippen LogP contribution in [-0.4, -0.2) is 170 Å². The molecular formula is C63H75N11O16P2. The Labute approximate surface area is 530 Å². The van der Waals surface area contributed by atoms with Gasteiger partial charge in [0.1, 0.15) is 11.3 Å². The van der Waals surface area contributed by atoms with E-state index in [-0.39, 0.29) is 91.5 Å². The first-order chi connectivity index (χ1) is 44.1. The Morgan fingerprint density at radius 1 is 0.826 bits per heavy atom. The normalized spacial score (nSPS) is 20.4. The number of H-pyrrole nitrogens is 1. The van der Waals surface area contributed by atoms with Gasteiger partial charge >= 0.3 is 21.7 Å². The predicted molar refractivity (Wildman–Crippen MR) is 338 cm³/mol. The largest absolute Gasteiger partial charge is 0.495 e. The molecule has 0 bridgehead atoms. The van der Waals surface area contributed by atoms with Gasteiger partial charge in [-0.2, -0.15) is 4.31 Å². The van der Waals surface area contributed by atoms with Gasteiger partial charge in [0, 0.05) is 131 Å². The molecule has 92 heavy (non-hydrogen) atoms. The number of imide groups is 2. The number of amides is 7. The molecular weight excluding hydrogens is 1230 g/mol. The van der Waals surface area contributed by atoms with Crippen LogP contribution in [0.2, 0.25) is 0 Å². The molecule has 4 fully saturated rings. The van der Waals surface area contributed by atoms with Crippen molar-refractivity contribution in [1.29, 1.82) is 0 Å². The molecule has 1 saturated carbocycles. The number of anilines is 2. The molecule has 3 unspecified atom stereocenters. The highest BCUT2D eigenvalue weighted by Gasteiger charge is 2.48. The number of carbonyl (C=O) groups excluding carboxylic acids is 6. The lowest BCUT2D eigenvalue weighted by atomic mass is 9.87. The number of ether oxygens (including phenoxy) is 2. The van der Waals surface area contributed by atoms with Crippen LogP contribution in [0.25, 0.3) is 32.9 Å². The third kappa shape index (κ3) is 14.8. The van der Waals surface area contributed by atoms with E-state index in [1.807, 2.05) is 36.1 Å². The Morgan fingerprint density at radius 3 is 2.30 bits per heavy atom. The number of pyridine rings is 1. The number of methoxy groups -OCH3 is 1. The van der Waals surface area contributed by atoms with E-state index in [0.717, 1.165) is 24.3 Å². The van der Waals surface area contributed by atoms with Crippen LogP contribution < -0.4 is 30.7 Å². The number of hydrogen-bond donors (Lipinski definition) is 5. The van der Waals surface area contributed by atoms with Gasteiger partial charge in [0.05, 0.1) is 43.3 Å². The van der Waals surface area contributed by atoms with E-state index in [2.05, 4.69) is 32.3 Å². The smallest absolute Gasteiger partial charge is 0.481 e. The lowest BCUT2D eigenvalue weighted by molar-refractivity contribution is -0.137. The highest BCUT2D eigenvalue weighted by molar-refractivity contribution is 7.61. The molecule has 3 aromatic heterocycles. The van der Waals surface area contributed by atoms with Gasteiger partial charge in [-0.1, -0.05) is 42.8 Å². The first-order valence-corrected chi connectivity index (χ1v) is 33.9. The standard InChI is InChI=1S/C63H75N11O16P2/c1-40-36-74(59(79)44-15-19-52(86-4)51(34-44)72-31-25-54(76)67-62(72)81)41(2)35-71(40)37-42-23-29-70(30-24-42)61-66-50-18-14-43(49-38-69(3)60(80)57-47(49)22-26-65-57)33-48(50)58(68-61)63(89-46-16-17-46,45-11-7-5-8-12-45)39-88-92(84,85)90-91(82,83)87-32-27-64-53(75)13-9-6-10-28-73-55(77)20-21-56(73)78/h5,7-8,11-12,14-15,18-22,26,33-34,38,40-42,46,65H,6,9-10,13,16-17,23-25,27-32,35-37,39H2,1-4H3,(H,64,75)(H,82,83)(H,84,85)(H,67,76,81)/t40-,41+,63?/m0/s1. The van der Waals surface area contributed by atoms with E-state index < -0.39 is 46.4 Å². The van der Waals surface area contributed by atoms with Crippen molar-refractivity contribution < 1.29 is 70.5 Å². The molecule has 5 aliphatic rings. The van der Waals surface area contributed by atoms with E-state index >= 15 is 0 Å². The number of aromatic amines is 1. The van der Waals surface area contributed by atoms with Crippen LogP contribution >= 0.6 is 15.6 Å². The van der Waals surface area contributed by atoms with E-state index in [1.54, 1.807) is 68.0 Å². The van der Waals surface area contributed by atoms with E-state index in [4.69, 9.17) is 32.8 Å². The number of piperidine rings is 1. The minimum absolute atomic E-state index is 0.00758. The van der Waals surface area contributed by atoms with Crippen molar-refractivity contribution in [2.24, 2.45) is 13.0 Å². The number of nitrogens with one attached hydrogen (secondary N) is 3. The minimum Gasteiger partial charge on any atom is -0.495 e. The van der Waals surface area contributed by atoms with Crippen LogP contribution in [-0.2, 0) is 59.1 Å². The van der Waals surface area contributed by atoms with E-state index in [0.29, 0.717) is 120 Å². The fourth-order valence-corrected chi connectivity index (χ4v) is 14.5. The minimum atomic E-state index is -5.53. The molecule has 0 radical (unpaired) electrons. The maximum absolute atomic E-state index is 14.3. The van der Waals surface area contributed by atoms with Crippen LogP contribution in [0.3, 0.4) is 0 Å². The zero-order valence-electron chi connectivity index (χ0n) is 51.6. The second-order valence-electron chi connectivity index (χ2n) is 24.0. The van der Waals surface area contributed by atoms with Gasteiger partial charge in [-0.05, 0) is 106 Å². The second-order valence-corrected chi connectivity index (χ2v) is 27.0. The molecule has 27 nitrogen and oxygen atoms in total. The van der Waals surface area contributed by atoms with Gasteiger partial charge in [0.25, 0.3) is 23.3 Å². The highest BCUT2D eigenvalue weighted by atomic mass is 31.3. The number of benzene rings is 3. The number of hydrogen-bond acceptors (Lipinski definition) is 18. The molecule has 4 aliphatic heterocycles. The third-order valence-corrected chi connectivity index (χ3v) is 20.1. The predicted octanol–water partition coefficient (Wildman–Crippen LogP) is 6.66. The van der Waals surface area contributed by atoms with E-state index in [9.17, 15) is 52.5 Å². The number of phosphoric acid groups is 2. The molecule has 6 aromatic rings. The third-order valence-electron chi connectivity index (χ3n) is 17.4. The van der Waals surface area contributed by atoms with Crippen LogP contribution in [0.1, 0.15) is 93.3 Å². The van der Waals surface area contributed by atoms with Crippen LogP contribution in [0.5, 0.6) is 5.75 Å². The van der Waals surface area contributed by atoms with Crippen molar-refractivity contribution in [3.05, 3.63) is 125 Å². The van der Waals surface area contributed by atoms with Crippen molar-refractivity contribution in [3.8, 4) is 16.9 Å². The molecule has 7 heterocycles. The fourth-order valence-electron chi connectivity index (χ4n) is 12.4. The van der Waals surface area contributed by atoms with E-state index in [1.165, 1.54) is 28.7 Å². The summed E-state index contributed by atoms with van der Waals surface area (Å²) in [5, 5.41) is 6.05. The molecule has 7 amide bonds. The molecule has 29 heteroatoms. The number of unbranched alkanes of at least 4 members (excludes halogenated alkanes) is 2. The SMILES string of the molecule is COc1ccc(C(=O)N2C[C@H](C)N(CC3CCN(c4nc(C(COP(=O)(O)OP(=O)(O)OCCNC(=O)CCCCCN5C(=O)C=CC5=O)(OC5CC5)c5ccccc5)c5cc(-c6cn(C)c(=O)c7[nH]ccc67)ccc5n4)CC3)C[C@H]2C)cc1N1CCC(=O)NC1=O. The summed E-state index contributed by atoms with van der Waals surface area (Å²) in [7, 11) is -7.72. The van der Waals surface area contributed by atoms with Crippen LogP contribution in [0.4, 0.5) is 16.4 Å². The van der Waals surface area contributed by atoms with Crippen molar-refractivity contribution >= 4 is 84.7 Å². The van der Waals surface area contributed by atoms with Crippen LogP contribution in [0, 0.1) is 5.92 Å². The zero-order chi connectivity index (χ0) is 65.1. The summed E-state index contributed by atoms with van der Waals surface area (Å²) in [6, 6.07) is 20.6. The summed E-state index contributed by atoms with van der Waals surface area (Å²) >= 11 is 0. The fraction of sp³-hybridized carbons (Fsp3) is 0.444. The van der Waals surface area contributed by atoms with Gasteiger partial charge in [0.15, 0.2) is 5.60 Å². The Kier molecular flexibility index (Phi) is 19.7. The maximum atomic E-state index is 14.3. The number of aromatic nitrogens is 4. The van der Waals surface area contributed by atoms with Crippen molar-refractivity contribution in [3.63, 3.8) is 0 Å². The summed E-state index contributed by atoms with van der Waals surface area (Å²) in [5.41, 5.74) is 1.79. The Hall–Kier alpha value is -7.97. The van der Waals surface area contributed by atoms with Gasteiger partial charge in [-0.15, -0.1) is 0 Å². The lowest BCUT2D eigenvalue weighted by Crippen LogP contribution is -2.59. The average molecular weight is 1300 g/mol. The topological polar surface area (TPSA) is 327 Å². The average Bonchev–Trinajstić information content (AvgIpc) is 1.00.